The van der Waals surface area contributed by atoms with E-state index in [0.29, 0.717) is 13.2 Å². The van der Waals surface area contributed by atoms with Gasteiger partial charge in [0.2, 0.25) is 5.91 Å². The van der Waals surface area contributed by atoms with Crippen molar-refractivity contribution in [3.05, 3.63) is 65.4 Å². The third-order valence-electron chi connectivity index (χ3n) is 4.70. The molecule has 0 aliphatic carbocycles. The number of benzene rings is 2. The minimum absolute atomic E-state index is 0.0947. The molecule has 6 heteroatoms. The van der Waals surface area contributed by atoms with Gasteiger partial charge in [0.05, 0.1) is 17.9 Å². The second kappa shape index (κ2) is 7.48. The fourth-order valence-electron chi connectivity index (χ4n) is 3.41. The van der Waals surface area contributed by atoms with Crippen molar-refractivity contribution < 1.29 is 9.53 Å². The number of anilines is 1. The summed E-state index contributed by atoms with van der Waals surface area (Å²) in [5.74, 6) is 0.689. The highest BCUT2D eigenvalue weighted by Gasteiger charge is 2.17. The molecule has 2 heterocycles. The van der Waals surface area contributed by atoms with Crippen molar-refractivity contribution in [1.29, 1.82) is 0 Å². The normalized spacial score (nSPS) is 12.7. The van der Waals surface area contributed by atoms with Crippen molar-refractivity contribution in [2.75, 3.05) is 19.4 Å². The topological polar surface area (TPSA) is 59.4 Å². The average molecular weight is 376 g/mol. The molecular formula is C22H24N4O2. The van der Waals surface area contributed by atoms with Gasteiger partial charge in [-0.2, -0.15) is 5.10 Å². The van der Waals surface area contributed by atoms with Crippen LogP contribution in [0.4, 0.5) is 5.69 Å². The lowest BCUT2D eigenvalue weighted by Crippen LogP contribution is -2.10. The molecule has 0 spiro atoms. The van der Waals surface area contributed by atoms with Crippen LogP contribution in [0.3, 0.4) is 0 Å². The maximum Gasteiger partial charge on any atom is 0.221 e. The van der Waals surface area contributed by atoms with Gasteiger partial charge in [0, 0.05) is 36.3 Å². The number of nitrogens with one attached hydrogen (secondary N) is 1. The van der Waals surface area contributed by atoms with E-state index < -0.39 is 0 Å². The molecule has 144 valence electrons. The van der Waals surface area contributed by atoms with Crippen LogP contribution in [-0.2, 0) is 24.5 Å². The van der Waals surface area contributed by atoms with Crippen molar-refractivity contribution in [1.82, 2.24) is 14.7 Å². The van der Waals surface area contributed by atoms with Gasteiger partial charge < -0.3 is 15.0 Å². The maximum atomic E-state index is 11.3. The lowest BCUT2D eigenvalue weighted by molar-refractivity contribution is -0.114. The monoisotopic (exact) mass is 376 g/mol. The Labute approximate surface area is 164 Å². The highest BCUT2D eigenvalue weighted by Crippen LogP contribution is 2.30. The Morgan fingerprint density at radius 3 is 2.68 bits per heavy atom. The summed E-state index contributed by atoms with van der Waals surface area (Å²) >= 11 is 0. The van der Waals surface area contributed by atoms with Gasteiger partial charge in [0.1, 0.15) is 12.4 Å². The van der Waals surface area contributed by atoms with Gasteiger partial charge in [-0.1, -0.05) is 30.3 Å². The zero-order valence-corrected chi connectivity index (χ0v) is 16.4. The Hall–Kier alpha value is -3.12. The fraction of sp³-hybridized carbons (Fsp3) is 0.273. The van der Waals surface area contributed by atoms with E-state index in [4.69, 9.17) is 9.84 Å². The van der Waals surface area contributed by atoms with Gasteiger partial charge in [-0.15, -0.1) is 0 Å². The van der Waals surface area contributed by atoms with Crippen LogP contribution in [0.1, 0.15) is 23.7 Å². The van der Waals surface area contributed by atoms with Crippen LogP contribution in [0.2, 0.25) is 0 Å². The van der Waals surface area contributed by atoms with Gasteiger partial charge in [0.25, 0.3) is 0 Å². The van der Waals surface area contributed by atoms with E-state index >= 15 is 0 Å². The van der Waals surface area contributed by atoms with E-state index in [2.05, 4.69) is 54.6 Å². The molecule has 0 atom stereocenters. The highest BCUT2D eigenvalue weighted by molar-refractivity contribution is 5.88. The van der Waals surface area contributed by atoms with E-state index in [0.717, 1.165) is 40.5 Å². The van der Waals surface area contributed by atoms with Crippen LogP contribution in [0.5, 0.6) is 5.75 Å². The smallest absolute Gasteiger partial charge is 0.221 e. The number of amides is 1. The van der Waals surface area contributed by atoms with E-state index in [-0.39, 0.29) is 5.91 Å². The lowest BCUT2D eigenvalue weighted by Gasteiger charge is -2.10. The molecule has 3 aromatic rings. The molecule has 1 N–H and O–H groups in total. The number of fused-ring (bicyclic) bond motifs is 2. The molecule has 0 saturated carbocycles. The fourth-order valence-corrected chi connectivity index (χ4v) is 3.41. The number of aromatic nitrogens is 2. The van der Waals surface area contributed by atoms with Crippen LogP contribution >= 0.6 is 0 Å². The number of rotatable bonds is 4. The minimum atomic E-state index is -0.0947. The molecule has 0 saturated heterocycles. The van der Waals surface area contributed by atoms with Gasteiger partial charge in [-0.25, -0.2) is 0 Å². The molecular weight excluding hydrogens is 352 g/mol. The van der Waals surface area contributed by atoms with E-state index in [1.165, 1.54) is 12.5 Å². The molecule has 0 unspecified atom stereocenters. The van der Waals surface area contributed by atoms with E-state index in [1.54, 1.807) is 0 Å². The predicted molar refractivity (Wildman–Crippen MR) is 109 cm³/mol. The van der Waals surface area contributed by atoms with Crippen molar-refractivity contribution in [2.24, 2.45) is 0 Å². The molecule has 28 heavy (non-hydrogen) atoms. The van der Waals surface area contributed by atoms with Crippen LogP contribution < -0.4 is 10.1 Å². The summed E-state index contributed by atoms with van der Waals surface area (Å²) in [5.41, 5.74) is 6.15. The molecule has 1 amide bonds. The summed E-state index contributed by atoms with van der Waals surface area (Å²) in [4.78, 5) is 13.4. The Morgan fingerprint density at radius 2 is 1.96 bits per heavy atom. The Morgan fingerprint density at radius 1 is 1.18 bits per heavy atom. The predicted octanol–water partition coefficient (Wildman–Crippen LogP) is 3.51. The summed E-state index contributed by atoms with van der Waals surface area (Å²) in [5, 5.41) is 7.59. The molecule has 4 rings (SSSR count). The first-order valence-electron chi connectivity index (χ1n) is 9.32. The molecule has 1 aliphatic rings. The molecule has 0 fully saturated rings. The van der Waals surface area contributed by atoms with Gasteiger partial charge in [-0.3, -0.25) is 9.48 Å². The first kappa shape index (κ1) is 18.3. The SMILES string of the molecule is CC(=O)Nc1ccc2c(c1)OCc1cc(-c3ccc(CN(C)C)cc3)nn1C2. The van der Waals surface area contributed by atoms with Crippen molar-refractivity contribution in [3.8, 4) is 17.0 Å². The number of hydrogen-bond donors (Lipinski definition) is 1. The Bertz CT molecular complexity index is 1010. The molecule has 2 aromatic carbocycles. The quantitative estimate of drug-likeness (QED) is 0.757. The van der Waals surface area contributed by atoms with Gasteiger partial charge in [0.15, 0.2) is 0 Å². The van der Waals surface area contributed by atoms with Gasteiger partial charge in [-0.05, 0) is 31.8 Å². The average Bonchev–Trinajstić information content (AvgIpc) is 2.96. The van der Waals surface area contributed by atoms with Crippen molar-refractivity contribution >= 4 is 11.6 Å². The number of ether oxygens (including phenoxy) is 1. The summed E-state index contributed by atoms with van der Waals surface area (Å²) in [6, 6.07) is 16.4. The summed E-state index contributed by atoms with van der Waals surface area (Å²) in [6.45, 7) is 3.51. The Balaban J connectivity index is 1.56. The van der Waals surface area contributed by atoms with Crippen LogP contribution in [0.25, 0.3) is 11.3 Å². The number of nitrogens with zero attached hydrogens (tertiary/aromatic N) is 3. The zero-order chi connectivity index (χ0) is 19.7. The first-order chi connectivity index (χ1) is 13.5. The van der Waals surface area contributed by atoms with Gasteiger partial charge >= 0.3 is 0 Å². The van der Waals surface area contributed by atoms with Crippen molar-refractivity contribution in [2.45, 2.75) is 26.6 Å². The van der Waals surface area contributed by atoms with E-state index in [9.17, 15) is 4.79 Å². The van der Waals surface area contributed by atoms with Crippen LogP contribution in [0, 0.1) is 0 Å². The molecule has 0 bridgehead atoms. The first-order valence-corrected chi connectivity index (χ1v) is 9.32. The number of hydrogen-bond acceptors (Lipinski definition) is 4. The van der Waals surface area contributed by atoms with Crippen molar-refractivity contribution in [3.63, 3.8) is 0 Å². The summed E-state index contributed by atoms with van der Waals surface area (Å²) in [7, 11) is 4.13. The standard InChI is InChI=1S/C22H24N4O2/c1-15(27)23-19-9-8-18-13-26-20(14-28-22(18)10-19)11-21(24-26)17-6-4-16(5-7-17)12-25(2)3/h4-11H,12-14H2,1-3H3,(H,23,27). The minimum Gasteiger partial charge on any atom is -0.487 e. The lowest BCUT2D eigenvalue weighted by atomic mass is 10.1. The zero-order valence-electron chi connectivity index (χ0n) is 16.4. The highest BCUT2D eigenvalue weighted by atomic mass is 16.5. The third kappa shape index (κ3) is 3.92. The van der Waals surface area contributed by atoms with Crippen LogP contribution in [-0.4, -0.2) is 34.7 Å². The third-order valence-corrected chi connectivity index (χ3v) is 4.70. The number of carbonyl (C=O) groups excluding carboxylic acids is 1. The Kier molecular flexibility index (Phi) is 4.88. The second-order valence-electron chi connectivity index (χ2n) is 7.41. The summed E-state index contributed by atoms with van der Waals surface area (Å²) in [6.07, 6.45) is 0. The molecule has 6 nitrogen and oxygen atoms in total. The summed E-state index contributed by atoms with van der Waals surface area (Å²) < 4.78 is 7.98. The molecule has 1 aromatic heterocycles. The molecule has 0 radical (unpaired) electrons. The maximum absolute atomic E-state index is 11.3. The second-order valence-corrected chi connectivity index (χ2v) is 7.41. The largest absolute Gasteiger partial charge is 0.487 e. The number of carbonyl (C=O) groups is 1. The van der Waals surface area contributed by atoms with E-state index in [1.807, 2.05) is 22.9 Å². The molecule has 1 aliphatic heterocycles. The van der Waals surface area contributed by atoms with Crippen LogP contribution in [0.15, 0.2) is 48.5 Å².